The van der Waals surface area contributed by atoms with Crippen molar-refractivity contribution >= 4 is 0 Å². The molecule has 0 unspecified atom stereocenters. The molecule has 3 N–H and O–H groups in total. The summed E-state index contributed by atoms with van der Waals surface area (Å²) in [5, 5.41) is 23.4. The fourth-order valence-corrected chi connectivity index (χ4v) is 3.01. The van der Waals surface area contributed by atoms with Crippen molar-refractivity contribution in [3.8, 4) is 0 Å². The van der Waals surface area contributed by atoms with Gasteiger partial charge in [0, 0.05) is 12.5 Å². The molecular formula is C11H21NO3. The maximum Gasteiger partial charge on any atom is 0.0751 e. The zero-order valence-corrected chi connectivity index (χ0v) is 9.33. The van der Waals surface area contributed by atoms with Crippen LogP contribution in [0.15, 0.2) is 0 Å². The lowest BCUT2D eigenvalue weighted by molar-refractivity contribution is -0.206. The zero-order chi connectivity index (χ0) is 10.9. The standard InChI is InChI=1S/C11H21NO3/c1-15-9-6-10(7-9,8-13)11(14)2-4-12-5-3-11/h9,12-14H,2-8H2,1H3. The lowest BCUT2D eigenvalue weighted by Gasteiger charge is -2.56. The summed E-state index contributed by atoms with van der Waals surface area (Å²) in [6.45, 7) is 1.76. The molecule has 1 saturated carbocycles. The number of ether oxygens (including phenoxy) is 1. The molecule has 1 aliphatic carbocycles. The molecule has 0 bridgehead atoms. The van der Waals surface area contributed by atoms with Gasteiger partial charge in [0.05, 0.1) is 18.3 Å². The second-order valence-corrected chi connectivity index (χ2v) is 4.99. The molecule has 15 heavy (non-hydrogen) atoms. The Balaban J connectivity index is 2.06. The Labute approximate surface area is 90.6 Å². The molecule has 0 aromatic rings. The predicted octanol–water partition coefficient (Wildman–Crippen LogP) is -0.112. The SMILES string of the molecule is COC1CC(CO)(C2(O)CCNCC2)C1. The largest absolute Gasteiger partial charge is 0.396 e. The number of piperidine rings is 1. The number of nitrogens with one attached hydrogen (secondary N) is 1. The molecule has 0 atom stereocenters. The summed E-state index contributed by atoms with van der Waals surface area (Å²) in [5.74, 6) is 0. The number of hydrogen-bond donors (Lipinski definition) is 3. The fraction of sp³-hybridized carbons (Fsp3) is 1.00. The van der Waals surface area contributed by atoms with Crippen LogP contribution >= 0.6 is 0 Å². The van der Waals surface area contributed by atoms with Crippen LogP contribution < -0.4 is 5.32 Å². The molecule has 4 nitrogen and oxygen atoms in total. The van der Waals surface area contributed by atoms with Gasteiger partial charge in [-0.3, -0.25) is 0 Å². The Bertz CT molecular complexity index is 220. The van der Waals surface area contributed by atoms with Crippen molar-refractivity contribution in [2.75, 3.05) is 26.8 Å². The summed E-state index contributed by atoms with van der Waals surface area (Å²) in [6, 6.07) is 0. The summed E-state index contributed by atoms with van der Waals surface area (Å²) in [4.78, 5) is 0. The van der Waals surface area contributed by atoms with E-state index in [1.165, 1.54) is 0 Å². The first-order valence-corrected chi connectivity index (χ1v) is 5.73. The minimum Gasteiger partial charge on any atom is -0.396 e. The van der Waals surface area contributed by atoms with Crippen molar-refractivity contribution in [1.29, 1.82) is 0 Å². The van der Waals surface area contributed by atoms with Gasteiger partial charge in [0.15, 0.2) is 0 Å². The Morgan fingerprint density at radius 3 is 2.40 bits per heavy atom. The van der Waals surface area contributed by atoms with Gasteiger partial charge in [-0.05, 0) is 38.8 Å². The lowest BCUT2D eigenvalue weighted by atomic mass is 9.55. The quantitative estimate of drug-likeness (QED) is 0.614. The van der Waals surface area contributed by atoms with Crippen LogP contribution in [0, 0.1) is 5.41 Å². The van der Waals surface area contributed by atoms with E-state index in [4.69, 9.17) is 4.74 Å². The number of aliphatic hydroxyl groups excluding tert-OH is 1. The van der Waals surface area contributed by atoms with Crippen molar-refractivity contribution in [2.24, 2.45) is 5.41 Å². The number of aliphatic hydroxyl groups is 2. The zero-order valence-electron chi connectivity index (χ0n) is 9.33. The van der Waals surface area contributed by atoms with E-state index in [9.17, 15) is 10.2 Å². The molecule has 2 rings (SSSR count). The van der Waals surface area contributed by atoms with Crippen molar-refractivity contribution in [1.82, 2.24) is 5.32 Å². The molecule has 2 aliphatic rings. The van der Waals surface area contributed by atoms with E-state index >= 15 is 0 Å². The first-order valence-electron chi connectivity index (χ1n) is 5.73. The Morgan fingerprint density at radius 2 is 1.93 bits per heavy atom. The van der Waals surface area contributed by atoms with Gasteiger partial charge in [-0.2, -0.15) is 0 Å². The van der Waals surface area contributed by atoms with Gasteiger partial charge in [0.2, 0.25) is 0 Å². The average Bonchev–Trinajstić information content (AvgIpc) is 2.18. The minimum absolute atomic E-state index is 0.0728. The molecule has 2 fully saturated rings. The van der Waals surface area contributed by atoms with Crippen LogP contribution in [-0.2, 0) is 4.74 Å². The summed E-state index contributed by atoms with van der Waals surface area (Å²) >= 11 is 0. The highest BCUT2D eigenvalue weighted by molar-refractivity contribution is 5.08. The highest BCUT2D eigenvalue weighted by atomic mass is 16.5. The summed E-state index contributed by atoms with van der Waals surface area (Å²) in [6.07, 6.45) is 3.28. The molecule has 0 spiro atoms. The van der Waals surface area contributed by atoms with Crippen molar-refractivity contribution in [3.05, 3.63) is 0 Å². The normalized spacial score (nSPS) is 39.8. The molecule has 0 radical (unpaired) electrons. The number of methoxy groups -OCH3 is 1. The molecule has 1 saturated heterocycles. The maximum absolute atomic E-state index is 10.6. The van der Waals surface area contributed by atoms with Gasteiger partial charge in [-0.1, -0.05) is 0 Å². The second kappa shape index (κ2) is 4.01. The number of rotatable bonds is 3. The van der Waals surface area contributed by atoms with Crippen LogP contribution in [-0.4, -0.2) is 48.7 Å². The van der Waals surface area contributed by atoms with Crippen molar-refractivity contribution < 1.29 is 14.9 Å². The smallest absolute Gasteiger partial charge is 0.0751 e. The molecule has 1 aliphatic heterocycles. The second-order valence-electron chi connectivity index (χ2n) is 4.99. The third kappa shape index (κ3) is 1.69. The van der Waals surface area contributed by atoms with E-state index in [1.54, 1.807) is 7.11 Å². The van der Waals surface area contributed by atoms with Crippen LogP contribution in [0.25, 0.3) is 0 Å². The topological polar surface area (TPSA) is 61.7 Å². The van der Waals surface area contributed by atoms with Crippen LogP contribution in [0.4, 0.5) is 0 Å². The molecular weight excluding hydrogens is 194 g/mol. The fourth-order valence-electron chi connectivity index (χ4n) is 3.01. The van der Waals surface area contributed by atoms with Crippen LogP contribution in [0.5, 0.6) is 0 Å². The molecule has 1 heterocycles. The Hall–Kier alpha value is -0.160. The van der Waals surface area contributed by atoms with E-state index in [1.807, 2.05) is 0 Å². The van der Waals surface area contributed by atoms with E-state index in [2.05, 4.69) is 5.32 Å². The Kier molecular flexibility index (Phi) is 3.03. The monoisotopic (exact) mass is 215 g/mol. The Morgan fingerprint density at radius 1 is 1.33 bits per heavy atom. The average molecular weight is 215 g/mol. The molecule has 0 aromatic heterocycles. The van der Waals surface area contributed by atoms with Crippen LogP contribution in [0.2, 0.25) is 0 Å². The summed E-state index contributed by atoms with van der Waals surface area (Å²) in [5.41, 5.74) is -1.00. The summed E-state index contributed by atoms with van der Waals surface area (Å²) in [7, 11) is 1.69. The molecule has 0 aromatic carbocycles. The number of hydrogen-bond acceptors (Lipinski definition) is 4. The lowest BCUT2D eigenvalue weighted by Crippen LogP contribution is -2.63. The van der Waals surface area contributed by atoms with Gasteiger partial charge in [-0.15, -0.1) is 0 Å². The summed E-state index contributed by atoms with van der Waals surface area (Å²) < 4.78 is 5.24. The third-order valence-corrected chi connectivity index (χ3v) is 4.29. The van der Waals surface area contributed by atoms with Crippen LogP contribution in [0.1, 0.15) is 25.7 Å². The van der Waals surface area contributed by atoms with Gasteiger partial charge in [0.25, 0.3) is 0 Å². The van der Waals surface area contributed by atoms with Gasteiger partial charge in [-0.25, -0.2) is 0 Å². The highest BCUT2D eigenvalue weighted by Crippen LogP contribution is 2.53. The highest BCUT2D eigenvalue weighted by Gasteiger charge is 2.57. The van der Waals surface area contributed by atoms with Gasteiger partial charge in [0.1, 0.15) is 0 Å². The van der Waals surface area contributed by atoms with Gasteiger partial charge >= 0.3 is 0 Å². The first-order chi connectivity index (χ1) is 7.16. The van der Waals surface area contributed by atoms with E-state index in [0.717, 1.165) is 38.8 Å². The van der Waals surface area contributed by atoms with Crippen LogP contribution in [0.3, 0.4) is 0 Å². The third-order valence-electron chi connectivity index (χ3n) is 4.29. The molecule has 0 amide bonds. The van der Waals surface area contributed by atoms with Gasteiger partial charge < -0.3 is 20.3 Å². The van der Waals surface area contributed by atoms with E-state index in [-0.39, 0.29) is 18.1 Å². The van der Waals surface area contributed by atoms with E-state index in [0.29, 0.717) is 0 Å². The maximum atomic E-state index is 10.6. The van der Waals surface area contributed by atoms with Crippen molar-refractivity contribution in [2.45, 2.75) is 37.4 Å². The molecule has 4 heteroatoms. The van der Waals surface area contributed by atoms with Crippen molar-refractivity contribution in [3.63, 3.8) is 0 Å². The first kappa shape index (κ1) is 11.3. The predicted molar refractivity (Wildman–Crippen MR) is 56.6 cm³/mol. The van der Waals surface area contributed by atoms with E-state index < -0.39 is 5.60 Å². The molecule has 88 valence electrons. The minimum atomic E-state index is -0.692.